The minimum Gasteiger partial charge on any atom is -0.493 e. The normalized spacial score (nSPS) is 10.6. The lowest BCUT2D eigenvalue weighted by Gasteiger charge is -2.12. The SMILES string of the molecule is CC(C)CCOc1ccccc1CNC(=O)c1ccc(C(=O)O)o1. The lowest BCUT2D eigenvalue weighted by atomic mass is 10.1. The van der Waals surface area contributed by atoms with Crippen molar-refractivity contribution in [3.63, 3.8) is 0 Å². The Kier molecular flexibility index (Phi) is 6.01. The molecule has 0 bridgehead atoms. The van der Waals surface area contributed by atoms with Gasteiger partial charge in [0.05, 0.1) is 6.61 Å². The molecule has 0 spiro atoms. The molecule has 1 amide bonds. The molecule has 1 aromatic heterocycles. The van der Waals surface area contributed by atoms with Crippen LogP contribution in [0.15, 0.2) is 40.8 Å². The number of furan rings is 1. The van der Waals surface area contributed by atoms with Gasteiger partial charge in [0.15, 0.2) is 5.76 Å². The number of rotatable bonds is 8. The summed E-state index contributed by atoms with van der Waals surface area (Å²) in [6, 6.07) is 10.1. The highest BCUT2D eigenvalue weighted by Crippen LogP contribution is 2.19. The number of benzene rings is 1. The zero-order valence-electron chi connectivity index (χ0n) is 13.7. The number of aromatic carboxylic acids is 1. The summed E-state index contributed by atoms with van der Waals surface area (Å²) in [5.74, 6) is -0.705. The average Bonchev–Trinajstić information content (AvgIpc) is 3.03. The summed E-state index contributed by atoms with van der Waals surface area (Å²) in [5, 5.41) is 11.5. The van der Waals surface area contributed by atoms with Gasteiger partial charge in [0.1, 0.15) is 5.75 Å². The van der Waals surface area contributed by atoms with Crippen molar-refractivity contribution in [2.75, 3.05) is 6.61 Å². The Labute approximate surface area is 140 Å². The first-order valence-corrected chi connectivity index (χ1v) is 7.79. The van der Waals surface area contributed by atoms with Crippen molar-refractivity contribution < 1.29 is 23.8 Å². The Balaban J connectivity index is 1.95. The quantitative estimate of drug-likeness (QED) is 0.774. The number of carbonyl (C=O) groups excluding carboxylic acids is 1. The zero-order chi connectivity index (χ0) is 17.5. The van der Waals surface area contributed by atoms with Crippen molar-refractivity contribution in [3.05, 3.63) is 53.5 Å². The fourth-order valence-corrected chi connectivity index (χ4v) is 2.03. The van der Waals surface area contributed by atoms with Gasteiger partial charge in [0.25, 0.3) is 5.91 Å². The maximum absolute atomic E-state index is 12.0. The molecule has 0 aliphatic rings. The van der Waals surface area contributed by atoms with Crippen LogP contribution in [0.5, 0.6) is 5.75 Å². The van der Waals surface area contributed by atoms with Gasteiger partial charge in [-0.2, -0.15) is 0 Å². The second-order valence-electron chi connectivity index (χ2n) is 5.79. The first kappa shape index (κ1) is 17.6. The van der Waals surface area contributed by atoms with E-state index in [1.54, 1.807) is 0 Å². The predicted octanol–water partition coefficient (Wildman–Crippen LogP) is 3.33. The number of hydrogen-bond acceptors (Lipinski definition) is 4. The molecule has 0 radical (unpaired) electrons. The van der Waals surface area contributed by atoms with Crippen LogP contribution in [-0.4, -0.2) is 23.6 Å². The highest BCUT2D eigenvalue weighted by molar-refractivity contribution is 5.93. The van der Waals surface area contributed by atoms with Crippen LogP contribution in [-0.2, 0) is 6.54 Å². The van der Waals surface area contributed by atoms with E-state index >= 15 is 0 Å². The average molecular weight is 331 g/mol. The number of ether oxygens (including phenoxy) is 1. The summed E-state index contributed by atoms with van der Waals surface area (Å²) >= 11 is 0. The highest BCUT2D eigenvalue weighted by Gasteiger charge is 2.15. The van der Waals surface area contributed by atoms with Crippen LogP contribution in [0.3, 0.4) is 0 Å². The van der Waals surface area contributed by atoms with Crippen molar-refractivity contribution in [3.8, 4) is 5.75 Å². The fourth-order valence-electron chi connectivity index (χ4n) is 2.03. The first-order chi connectivity index (χ1) is 11.5. The molecule has 0 fully saturated rings. The number of amides is 1. The molecule has 24 heavy (non-hydrogen) atoms. The molecule has 1 aromatic carbocycles. The molecule has 0 aliphatic carbocycles. The molecule has 0 saturated carbocycles. The van der Waals surface area contributed by atoms with Crippen LogP contribution in [0.2, 0.25) is 0 Å². The number of nitrogens with one attached hydrogen (secondary N) is 1. The van der Waals surface area contributed by atoms with Crippen LogP contribution >= 0.6 is 0 Å². The summed E-state index contributed by atoms with van der Waals surface area (Å²) in [6.07, 6.45) is 0.949. The van der Waals surface area contributed by atoms with E-state index in [0.29, 0.717) is 12.5 Å². The van der Waals surface area contributed by atoms with Gasteiger partial charge < -0.3 is 19.6 Å². The Hall–Kier alpha value is -2.76. The van der Waals surface area contributed by atoms with Crippen LogP contribution in [0.1, 0.15) is 46.9 Å². The van der Waals surface area contributed by atoms with E-state index in [1.165, 1.54) is 12.1 Å². The molecule has 2 aromatic rings. The van der Waals surface area contributed by atoms with Crippen LogP contribution in [0.4, 0.5) is 0 Å². The molecule has 0 aliphatic heterocycles. The predicted molar refractivity (Wildman–Crippen MR) is 88.2 cm³/mol. The zero-order valence-corrected chi connectivity index (χ0v) is 13.7. The molecule has 128 valence electrons. The highest BCUT2D eigenvalue weighted by atomic mass is 16.5. The molecule has 0 saturated heterocycles. The number of carboxylic acids is 1. The van der Waals surface area contributed by atoms with Crippen molar-refractivity contribution in [1.82, 2.24) is 5.32 Å². The van der Waals surface area contributed by atoms with E-state index in [4.69, 9.17) is 14.3 Å². The Morgan fingerprint density at radius 3 is 2.54 bits per heavy atom. The third-order valence-electron chi connectivity index (χ3n) is 3.41. The summed E-state index contributed by atoms with van der Waals surface area (Å²) in [5.41, 5.74) is 0.847. The third kappa shape index (κ3) is 4.87. The number of carboxylic acid groups (broad SMARTS) is 1. The van der Waals surface area contributed by atoms with E-state index in [9.17, 15) is 9.59 Å². The number of hydrogen-bond donors (Lipinski definition) is 2. The molecule has 2 N–H and O–H groups in total. The second kappa shape index (κ2) is 8.19. The van der Waals surface area contributed by atoms with Gasteiger partial charge in [-0.3, -0.25) is 4.79 Å². The summed E-state index contributed by atoms with van der Waals surface area (Å²) in [6.45, 7) is 5.14. The Morgan fingerprint density at radius 2 is 1.88 bits per heavy atom. The molecule has 0 unspecified atom stereocenters. The van der Waals surface area contributed by atoms with E-state index in [-0.39, 0.29) is 18.1 Å². The molecule has 1 heterocycles. The van der Waals surface area contributed by atoms with Crippen LogP contribution < -0.4 is 10.1 Å². The van der Waals surface area contributed by atoms with Gasteiger partial charge in [-0.05, 0) is 30.5 Å². The molecule has 0 atom stereocenters. The third-order valence-corrected chi connectivity index (χ3v) is 3.41. The summed E-state index contributed by atoms with van der Waals surface area (Å²) < 4.78 is 10.7. The van der Waals surface area contributed by atoms with Crippen LogP contribution in [0.25, 0.3) is 0 Å². The molecule has 6 nitrogen and oxygen atoms in total. The summed E-state index contributed by atoms with van der Waals surface area (Å²) in [4.78, 5) is 22.8. The van der Waals surface area contributed by atoms with Crippen molar-refractivity contribution in [2.45, 2.75) is 26.8 Å². The topological polar surface area (TPSA) is 88.8 Å². The number of para-hydroxylation sites is 1. The van der Waals surface area contributed by atoms with Gasteiger partial charge in [-0.1, -0.05) is 32.0 Å². The molecular weight excluding hydrogens is 310 g/mol. The first-order valence-electron chi connectivity index (χ1n) is 7.79. The monoisotopic (exact) mass is 331 g/mol. The maximum atomic E-state index is 12.0. The van der Waals surface area contributed by atoms with E-state index in [2.05, 4.69) is 19.2 Å². The molecule has 6 heteroatoms. The van der Waals surface area contributed by atoms with Crippen LogP contribution in [0, 0.1) is 5.92 Å². The molecular formula is C18H21NO5. The standard InChI is InChI=1S/C18H21NO5/c1-12(2)9-10-23-14-6-4-3-5-13(14)11-19-17(20)15-7-8-16(24-15)18(21)22/h3-8,12H,9-11H2,1-2H3,(H,19,20)(H,21,22). The minimum absolute atomic E-state index is 0.0365. The van der Waals surface area contributed by atoms with Gasteiger partial charge in [0.2, 0.25) is 5.76 Å². The van der Waals surface area contributed by atoms with Crippen molar-refractivity contribution in [1.29, 1.82) is 0 Å². The van der Waals surface area contributed by atoms with Crippen molar-refractivity contribution >= 4 is 11.9 Å². The maximum Gasteiger partial charge on any atom is 0.371 e. The van der Waals surface area contributed by atoms with Gasteiger partial charge in [-0.15, -0.1) is 0 Å². The number of carbonyl (C=O) groups is 2. The lowest BCUT2D eigenvalue weighted by molar-refractivity contribution is 0.0659. The smallest absolute Gasteiger partial charge is 0.371 e. The van der Waals surface area contributed by atoms with E-state index in [0.717, 1.165) is 17.7 Å². The van der Waals surface area contributed by atoms with Crippen molar-refractivity contribution in [2.24, 2.45) is 5.92 Å². The molecule has 2 rings (SSSR count). The van der Waals surface area contributed by atoms with Gasteiger partial charge in [-0.25, -0.2) is 4.79 Å². The second-order valence-corrected chi connectivity index (χ2v) is 5.79. The van der Waals surface area contributed by atoms with E-state index in [1.807, 2.05) is 24.3 Å². The van der Waals surface area contributed by atoms with Gasteiger partial charge >= 0.3 is 5.97 Å². The Bertz CT molecular complexity index is 705. The fraction of sp³-hybridized carbons (Fsp3) is 0.333. The Morgan fingerprint density at radius 1 is 1.17 bits per heavy atom. The summed E-state index contributed by atoms with van der Waals surface area (Å²) in [7, 11) is 0. The van der Waals surface area contributed by atoms with E-state index < -0.39 is 11.9 Å². The lowest BCUT2D eigenvalue weighted by Crippen LogP contribution is -2.22. The van der Waals surface area contributed by atoms with Gasteiger partial charge in [0, 0.05) is 12.1 Å². The minimum atomic E-state index is -1.21. The largest absolute Gasteiger partial charge is 0.493 e.